The van der Waals surface area contributed by atoms with Crippen molar-refractivity contribution in [2.45, 2.75) is 33.8 Å². The van der Waals surface area contributed by atoms with Crippen molar-refractivity contribution in [1.29, 1.82) is 0 Å². The van der Waals surface area contributed by atoms with E-state index in [4.69, 9.17) is 4.74 Å². The van der Waals surface area contributed by atoms with Crippen LogP contribution in [0.2, 0.25) is 0 Å². The smallest absolute Gasteiger partial charge is 0.310 e. The van der Waals surface area contributed by atoms with E-state index in [-0.39, 0.29) is 28.3 Å². The number of benzene rings is 1. The van der Waals surface area contributed by atoms with Gasteiger partial charge < -0.3 is 4.74 Å². The second kappa shape index (κ2) is 6.16. The summed E-state index contributed by atoms with van der Waals surface area (Å²) < 4.78 is 5.51. The lowest BCUT2D eigenvalue weighted by atomic mass is 10.1. The summed E-state index contributed by atoms with van der Waals surface area (Å²) in [7, 11) is 0. The minimum atomic E-state index is -0.156. The summed E-state index contributed by atoms with van der Waals surface area (Å²) in [4.78, 5) is 24.1. The van der Waals surface area contributed by atoms with Crippen molar-refractivity contribution < 1.29 is 14.3 Å². The van der Waals surface area contributed by atoms with Crippen LogP contribution in [0.1, 0.15) is 31.4 Å². The van der Waals surface area contributed by atoms with Crippen LogP contribution in [-0.4, -0.2) is 16.8 Å². The molecule has 1 aliphatic heterocycles. The zero-order valence-corrected chi connectivity index (χ0v) is 14.6. The average molecular weight is 330 g/mol. The summed E-state index contributed by atoms with van der Waals surface area (Å²) in [6.45, 7) is 6.47. The van der Waals surface area contributed by atoms with Crippen LogP contribution in [-0.2, 0) is 20.9 Å². The van der Waals surface area contributed by atoms with Crippen molar-refractivity contribution in [3.05, 3.63) is 47.0 Å². The molecule has 1 aromatic rings. The van der Waals surface area contributed by atoms with E-state index in [0.29, 0.717) is 6.61 Å². The molecule has 2 atom stereocenters. The van der Waals surface area contributed by atoms with E-state index in [2.05, 4.69) is 13.8 Å². The molecule has 0 unspecified atom stereocenters. The monoisotopic (exact) mass is 330 g/mol. The van der Waals surface area contributed by atoms with Crippen molar-refractivity contribution in [2.75, 3.05) is 5.75 Å². The minimum absolute atomic E-state index is 0.116. The molecule has 0 N–H and O–H groups in total. The van der Waals surface area contributed by atoms with Gasteiger partial charge in [0, 0.05) is 11.3 Å². The Labute approximate surface area is 141 Å². The SMILES string of the molecule is Cc1cccc(COC(=O)[C@@H]2[C@H](/C=C3\CCSC3=O)C2(C)C)c1. The summed E-state index contributed by atoms with van der Waals surface area (Å²) in [5.41, 5.74) is 2.92. The number of allylic oxidation sites excluding steroid dienone is 1. The van der Waals surface area contributed by atoms with Crippen LogP contribution in [0.25, 0.3) is 0 Å². The van der Waals surface area contributed by atoms with Crippen molar-refractivity contribution in [2.24, 2.45) is 17.3 Å². The maximum absolute atomic E-state index is 12.4. The summed E-state index contributed by atoms with van der Waals surface area (Å²) in [5.74, 6) is 0.681. The van der Waals surface area contributed by atoms with Gasteiger partial charge in [-0.25, -0.2) is 0 Å². The van der Waals surface area contributed by atoms with Crippen LogP contribution in [0, 0.1) is 24.2 Å². The number of hydrogen-bond donors (Lipinski definition) is 0. The topological polar surface area (TPSA) is 43.4 Å². The fourth-order valence-electron chi connectivity index (χ4n) is 3.30. The Hall–Kier alpha value is -1.55. The fraction of sp³-hybridized carbons (Fsp3) is 0.474. The molecule has 0 bridgehead atoms. The summed E-state index contributed by atoms with van der Waals surface area (Å²) in [6.07, 6.45) is 2.84. The number of thioether (sulfide) groups is 1. The molecular formula is C19H22O3S. The first-order valence-corrected chi connectivity index (χ1v) is 8.98. The predicted octanol–water partition coefficient (Wildman–Crippen LogP) is 3.90. The van der Waals surface area contributed by atoms with Crippen molar-refractivity contribution in [3.63, 3.8) is 0 Å². The normalized spacial score (nSPS) is 27.3. The first-order valence-electron chi connectivity index (χ1n) is 7.99. The lowest BCUT2D eigenvalue weighted by molar-refractivity contribution is -0.147. The first kappa shape index (κ1) is 16.3. The van der Waals surface area contributed by atoms with E-state index in [9.17, 15) is 9.59 Å². The second-order valence-electron chi connectivity index (χ2n) is 7.00. The summed E-state index contributed by atoms with van der Waals surface area (Å²) >= 11 is 1.37. The third-order valence-electron chi connectivity index (χ3n) is 4.88. The van der Waals surface area contributed by atoms with E-state index in [0.717, 1.165) is 28.9 Å². The average Bonchev–Trinajstić information content (AvgIpc) is 2.81. The van der Waals surface area contributed by atoms with E-state index in [1.165, 1.54) is 11.8 Å². The highest BCUT2D eigenvalue weighted by Gasteiger charge is 2.61. The van der Waals surface area contributed by atoms with Crippen LogP contribution in [0.3, 0.4) is 0 Å². The second-order valence-corrected chi connectivity index (χ2v) is 8.07. The van der Waals surface area contributed by atoms with Crippen LogP contribution >= 0.6 is 11.8 Å². The molecule has 1 saturated heterocycles. The zero-order chi connectivity index (χ0) is 16.6. The molecule has 0 radical (unpaired) electrons. The summed E-state index contributed by atoms with van der Waals surface area (Å²) in [5, 5.41) is 0.166. The van der Waals surface area contributed by atoms with Gasteiger partial charge in [-0.2, -0.15) is 0 Å². The fourth-order valence-corrected chi connectivity index (χ4v) is 4.16. The molecule has 0 aromatic heterocycles. The number of carbonyl (C=O) groups excluding carboxylic acids is 2. The molecule has 1 aromatic carbocycles. The molecule has 122 valence electrons. The van der Waals surface area contributed by atoms with Crippen molar-refractivity contribution >= 4 is 22.8 Å². The predicted molar refractivity (Wildman–Crippen MR) is 91.9 cm³/mol. The van der Waals surface area contributed by atoms with Gasteiger partial charge in [0.25, 0.3) is 0 Å². The van der Waals surface area contributed by atoms with Gasteiger partial charge >= 0.3 is 5.97 Å². The highest BCUT2D eigenvalue weighted by Crippen LogP contribution is 2.60. The molecule has 3 rings (SSSR count). The Morgan fingerprint density at radius 1 is 1.43 bits per heavy atom. The van der Waals surface area contributed by atoms with Crippen LogP contribution in [0.15, 0.2) is 35.9 Å². The van der Waals surface area contributed by atoms with E-state index < -0.39 is 0 Å². The summed E-state index contributed by atoms with van der Waals surface area (Å²) in [6, 6.07) is 7.98. The lowest BCUT2D eigenvalue weighted by Crippen LogP contribution is -2.10. The molecular weight excluding hydrogens is 308 g/mol. The van der Waals surface area contributed by atoms with E-state index >= 15 is 0 Å². The quantitative estimate of drug-likeness (QED) is 0.620. The zero-order valence-electron chi connectivity index (χ0n) is 13.8. The van der Waals surface area contributed by atoms with Crippen molar-refractivity contribution in [1.82, 2.24) is 0 Å². The number of rotatable bonds is 4. The number of ether oxygens (including phenoxy) is 1. The lowest BCUT2D eigenvalue weighted by Gasteiger charge is -2.06. The molecule has 3 nitrogen and oxygen atoms in total. The Balaban J connectivity index is 1.62. The maximum Gasteiger partial charge on any atom is 0.310 e. The van der Waals surface area contributed by atoms with Gasteiger partial charge in [0.15, 0.2) is 0 Å². The maximum atomic E-state index is 12.4. The molecule has 2 aliphatic rings. The van der Waals surface area contributed by atoms with Gasteiger partial charge in [0.2, 0.25) is 5.12 Å². The van der Waals surface area contributed by atoms with Gasteiger partial charge in [-0.05, 0) is 30.2 Å². The Bertz CT molecular complexity index is 675. The Morgan fingerprint density at radius 2 is 2.22 bits per heavy atom. The van der Waals surface area contributed by atoms with Gasteiger partial charge in [-0.1, -0.05) is 61.5 Å². The Morgan fingerprint density at radius 3 is 2.87 bits per heavy atom. The third-order valence-corrected chi connectivity index (χ3v) is 5.81. The van der Waals surface area contributed by atoms with Gasteiger partial charge in [-0.3, -0.25) is 9.59 Å². The number of carbonyl (C=O) groups is 2. The first-order chi connectivity index (χ1) is 10.9. The molecule has 1 saturated carbocycles. The highest BCUT2D eigenvalue weighted by molar-refractivity contribution is 8.14. The van der Waals surface area contributed by atoms with Crippen molar-refractivity contribution in [3.8, 4) is 0 Å². The Kier molecular flexibility index (Phi) is 4.37. The standard InChI is InChI=1S/C19H22O3S/c1-12-5-4-6-13(9-12)11-22-17(20)16-15(19(16,2)3)10-14-7-8-23-18(14)21/h4-6,9-10,15-16H,7-8,11H2,1-3H3/b14-10+/t15-,16-/m0/s1. The van der Waals surface area contributed by atoms with Crippen LogP contribution in [0.5, 0.6) is 0 Å². The molecule has 0 amide bonds. The number of hydrogen-bond acceptors (Lipinski definition) is 4. The third kappa shape index (κ3) is 3.37. The molecule has 1 aliphatic carbocycles. The van der Waals surface area contributed by atoms with Crippen LogP contribution in [0.4, 0.5) is 0 Å². The number of esters is 1. The van der Waals surface area contributed by atoms with Gasteiger partial charge in [-0.15, -0.1) is 0 Å². The largest absolute Gasteiger partial charge is 0.461 e. The molecule has 4 heteroatoms. The highest BCUT2D eigenvalue weighted by atomic mass is 32.2. The van der Waals surface area contributed by atoms with Crippen LogP contribution < -0.4 is 0 Å². The van der Waals surface area contributed by atoms with Gasteiger partial charge in [0.1, 0.15) is 6.61 Å². The van der Waals surface area contributed by atoms with Gasteiger partial charge in [0.05, 0.1) is 5.92 Å². The van der Waals surface area contributed by atoms with E-state index in [1.54, 1.807) is 0 Å². The van der Waals surface area contributed by atoms with E-state index in [1.807, 2.05) is 37.3 Å². The molecule has 23 heavy (non-hydrogen) atoms. The minimum Gasteiger partial charge on any atom is -0.461 e. The molecule has 2 fully saturated rings. The number of aryl methyl sites for hydroxylation is 1. The molecule has 0 spiro atoms. The molecule has 1 heterocycles.